The average molecular weight is 186 g/mol. The lowest BCUT2D eigenvalue weighted by Crippen LogP contribution is -2.46. The molecule has 2 unspecified atom stereocenters. The fourth-order valence-electron chi connectivity index (χ4n) is 1.79. The highest BCUT2D eigenvalue weighted by Gasteiger charge is 2.32. The van der Waals surface area contributed by atoms with Gasteiger partial charge in [0.15, 0.2) is 0 Å². The maximum absolute atomic E-state index is 5.70. The lowest BCUT2D eigenvalue weighted by Gasteiger charge is -2.32. The lowest BCUT2D eigenvalue weighted by atomic mass is 10.1. The first-order valence-corrected chi connectivity index (χ1v) is 5.11. The van der Waals surface area contributed by atoms with Crippen LogP contribution in [-0.4, -0.2) is 44.3 Å². The van der Waals surface area contributed by atoms with Gasteiger partial charge in [0, 0.05) is 25.7 Å². The monoisotopic (exact) mass is 186 g/mol. The molecule has 78 valence electrons. The van der Waals surface area contributed by atoms with E-state index in [0.717, 1.165) is 12.5 Å². The van der Waals surface area contributed by atoms with E-state index in [-0.39, 0.29) is 0 Å². The van der Waals surface area contributed by atoms with Gasteiger partial charge < -0.3 is 10.5 Å². The lowest BCUT2D eigenvalue weighted by molar-refractivity contribution is 0.0823. The van der Waals surface area contributed by atoms with E-state index in [2.05, 4.69) is 18.9 Å². The molecule has 0 saturated heterocycles. The average Bonchev–Trinajstić information content (AvgIpc) is 2.95. The van der Waals surface area contributed by atoms with Crippen LogP contribution in [0.15, 0.2) is 0 Å². The Morgan fingerprint density at radius 3 is 2.54 bits per heavy atom. The van der Waals surface area contributed by atoms with E-state index >= 15 is 0 Å². The number of hydrogen-bond acceptors (Lipinski definition) is 3. The summed E-state index contributed by atoms with van der Waals surface area (Å²) in [5.41, 5.74) is 5.70. The first kappa shape index (κ1) is 11.0. The molecular weight excluding hydrogens is 164 g/mol. The summed E-state index contributed by atoms with van der Waals surface area (Å²) in [6.45, 7) is 3.71. The molecule has 1 aliphatic carbocycles. The van der Waals surface area contributed by atoms with Gasteiger partial charge >= 0.3 is 0 Å². The predicted molar refractivity (Wildman–Crippen MR) is 54.7 cm³/mol. The third kappa shape index (κ3) is 2.93. The van der Waals surface area contributed by atoms with Gasteiger partial charge in [0.2, 0.25) is 0 Å². The SMILES string of the molecule is COCC(CN)N(C)C(C)C1CC1. The van der Waals surface area contributed by atoms with Crippen molar-refractivity contribution in [2.24, 2.45) is 11.7 Å². The van der Waals surface area contributed by atoms with Crippen molar-refractivity contribution in [1.82, 2.24) is 4.90 Å². The summed E-state index contributed by atoms with van der Waals surface area (Å²) < 4.78 is 5.14. The van der Waals surface area contributed by atoms with Crippen molar-refractivity contribution in [3.63, 3.8) is 0 Å². The largest absolute Gasteiger partial charge is 0.383 e. The Hall–Kier alpha value is -0.120. The Morgan fingerprint density at radius 2 is 2.15 bits per heavy atom. The van der Waals surface area contributed by atoms with Crippen molar-refractivity contribution in [2.75, 3.05) is 27.3 Å². The highest BCUT2D eigenvalue weighted by molar-refractivity contribution is 4.86. The molecule has 1 fully saturated rings. The van der Waals surface area contributed by atoms with Gasteiger partial charge in [-0.2, -0.15) is 0 Å². The van der Waals surface area contributed by atoms with Gasteiger partial charge in [0.25, 0.3) is 0 Å². The smallest absolute Gasteiger partial charge is 0.0630 e. The number of ether oxygens (including phenoxy) is 1. The van der Waals surface area contributed by atoms with Crippen LogP contribution >= 0.6 is 0 Å². The van der Waals surface area contributed by atoms with E-state index in [1.165, 1.54) is 12.8 Å². The Balaban J connectivity index is 2.36. The molecule has 1 rings (SSSR count). The quantitative estimate of drug-likeness (QED) is 0.663. The Labute approximate surface area is 81.2 Å². The standard InChI is InChI=1S/C10H22N2O/c1-8(9-4-5-9)12(2)10(6-11)7-13-3/h8-10H,4-7,11H2,1-3H3. The van der Waals surface area contributed by atoms with Crippen LogP contribution in [-0.2, 0) is 4.74 Å². The third-order valence-electron chi connectivity index (χ3n) is 3.15. The number of likely N-dealkylation sites (N-methyl/N-ethyl adjacent to an activating group) is 1. The van der Waals surface area contributed by atoms with Gasteiger partial charge in [-0.25, -0.2) is 0 Å². The summed E-state index contributed by atoms with van der Waals surface area (Å²) in [5, 5.41) is 0. The number of nitrogens with zero attached hydrogens (tertiary/aromatic N) is 1. The van der Waals surface area contributed by atoms with Gasteiger partial charge in [0.1, 0.15) is 0 Å². The second-order valence-corrected chi connectivity index (χ2v) is 4.09. The fraction of sp³-hybridized carbons (Fsp3) is 1.00. The van der Waals surface area contributed by atoms with Gasteiger partial charge in [-0.1, -0.05) is 0 Å². The molecule has 0 bridgehead atoms. The molecule has 0 amide bonds. The zero-order chi connectivity index (χ0) is 9.84. The van der Waals surface area contributed by atoms with E-state index in [1.54, 1.807) is 7.11 Å². The molecule has 2 atom stereocenters. The van der Waals surface area contributed by atoms with Crippen LogP contribution in [0.4, 0.5) is 0 Å². The molecule has 2 N–H and O–H groups in total. The van der Waals surface area contributed by atoms with E-state index in [0.29, 0.717) is 18.6 Å². The van der Waals surface area contributed by atoms with Crippen LogP contribution in [0.3, 0.4) is 0 Å². The van der Waals surface area contributed by atoms with Crippen LogP contribution in [0, 0.1) is 5.92 Å². The zero-order valence-corrected chi connectivity index (χ0v) is 8.99. The van der Waals surface area contributed by atoms with Crippen LogP contribution in [0.5, 0.6) is 0 Å². The molecule has 1 aliphatic rings. The Morgan fingerprint density at radius 1 is 1.54 bits per heavy atom. The molecule has 3 heteroatoms. The Bertz CT molecular complexity index is 148. The van der Waals surface area contributed by atoms with Crippen LogP contribution in [0.1, 0.15) is 19.8 Å². The van der Waals surface area contributed by atoms with Crippen LogP contribution in [0.2, 0.25) is 0 Å². The molecule has 0 aromatic heterocycles. The molecule has 0 spiro atoms. The maximum Gasteiger partial charge on any atom is 0.0630 e. The summed E-state index contributed by atoms with van der Waals surface area (Å²) in [5.74, 6) is 0.899. The molecule has 0 aromatic carbocycles. The van der Waals surface area contributed by atoms with Crippen molar-refractivity contribution in [3.8, 4) is 0 Å². The number of rotatable bonds is 6. The van der Waals surface area contributed by atoms with Crippen molar-refractivity contribution in [1.29, 1.82) is 0 Å². The fourth-order valence-corrected chi connectivity index (χ4v) is 1.79. The minimum atomic E-state index is 0.376. The molecule has 0 aromatic rings. The summed E-state index contributed by atoms with van der Waals surface area (Å²) in [6, 6.07) is 1.03. The number of nitrogens with two attached hydrogens (primary N) is 1. The third-order valence-corrected chi connectivity index (χ3v) is 3.15. The summed E-state index contributed by atoms with van der Waals surface area (Å²) >= 11 is 0. The molecule has 0 heterocycles. The van der Waals surface area contributed by atoms with Crippen molar-refractivity contribution < 1.29 is 4.74 Å². The summed E-state index contributed by atoms with van der Waals surface area (Å²) in [7, 11) is 3.89. The van der Waals surface area contributed by atoms with Gasteiger partial charge in [-0.3, -0.25) is 4.90 Å². The molecule has 1 saturated carbocycles. The van der Waals surface area contributed by atoms with E-state index in [1.807, 2.05) is 0 Å². The molecular formula is C10H22N2O. The van der Waals surface area contributed by atoms with Crippen molar-refractivity contribution in [2.45, 2.75) is 31.8 Å². The molecule has 0 aliphatic heterocycles. The van der Waals surface area contributed by atoms with Crippen molar-refractivity contribution >= 4 is 0 Å². The zero-order valence-electron chi connectivity index (χ0n) is 8.99. The van der Waals surface area contributed by atoms with Crippen molar-refractivity contribution in [3.05, 3.63) is 0 Å². The highest BCUT2D eigenvalue weighted by atomic mass is 16.5. The summed E-state index contributed by atoms with van der Waals surface area (Å²) in [6.07, 6.45) is 2.77. The number of methoxy groups -OCH3 is 1. The Kier molecular flexibility index (Phi) is 4.16. The molecule has 0 radical (unpaired) electrons. The minimum Gasteiger partial charge on any atom is -0.383 e. The van der Waals surface area contributed by atoms with E-state index in [4.69, 9.17) is 10.5 Å². The first-order chi connectivity index (χ1) is 6.20. The van der Waals surface area contributed by atoms with Crippen LogP contribution < -0.4 is 5.73 Å². The maximum atomic E-state index is 5.70. The van der Waals surface area contributed by atoms with Gasteiger partial charge in [0.05, 0.1) is 6.61 Å². The minimum absolute atomic E-state index is 0.376. The second kappa shape index (κ2) is 4.94. The predicted octanol–water partition coefficient (Wildman–Crippen LogP) is 0.690. The highest BCUT2D eigenvalue weighted by Crippen LogP contribution is 2.35. The molecule has 13 heavy (non-hydrogen) atoms. The topological polar surface area (TPSA) is 38.5 Å². The second-order valence-electron chi connectivity index (χ2n) is 4.09. The number of hydrogen-bond donors (Lipinski definition) is 1. The van der Waals surface area contributed by atoms with Gasteiger partial charge in [-0.15, -0.1) is 0 Å². The van der Waals surface area contributed by atoms with E-state index < -0.39 is 0 Å². The summed E-state index contributed by atoms with van der Waals surface area (Å²) in [4.78, 5) is 2.36. The normalized spacial score (nSPS) is 21.9. The van der Waals surface area contributed by atoms with E-state index in [9.17, 15) is 0 Å². The molecule has 3 nitrogen and oxygen atoms in total. The van der Waals surface area contributed by atoms with Crippen LogP contribution in [0.25, 0.3) is 0 Å². The first-order valence-electron chi connectivity index (χ1n) is 5.11. The van der Waals surface area contributed by atoms with Gasteiger partial charge in [-0.05, 0) is 32.7 Å².